The van der Waals surface area contributed by atoms with E-state index in [1.807, 2.05) is 0 Å². The molecular weight excluding hydrogens is 494 g/mol. The van der Waals surface area contributed by atoms with Crippen LogP contribution in [0.4, 0.5) is 0 Å². The summed E-state index contributed by atoms with van der Waals surface area (Å²) in [5.74, 6) is -2.77. The minimum Gasteiger partial charge on any atom is -0.550 e. The van der Waals surface area contributed by atoms with Crippen LogP contribution in [0.1, 0.15) is 148 Å². The van der Waals surface area contributed by atoms with Gasteiger partial charge in [-0.1, -0.05) is 96.1 Å². The molecule has 0 atom stereocenters. The molecule has 2 N–H and O–H groups in total. The van der Waals surface area contributed by atoms with Gasteiger partial charge in [0.1, 0.15) is 0 Å². The lowest BCUT2D eigenvalue weighted by Gasteiger charge is -2.39. The number of quaternary nitrogens is 1. The number of hydrogen-bond donors (Lipinski definition) is 2. The van der Waals surface area contributed by atoms with Crippen LogP contribution in [0.15, 0.2) is 12.2 Å². The van der Waals surface area contributed by atoms with Gasteiger partial charge in [-0.2, -0.15) is 0 Å². The zero-order valence-corrected chi connectivity index (χ0v) is 25.0. The molecule has 39 heavy (non-hydrogen) atoms. The van der Waals surface area contributed by atoms with Gasteiger partial charge >= 0.3 is 11.9 Å². The lowest BCUT2D eigenvalue weighted by Crippen LogP contribution is -2.51. The Hall–Kier alpha value is -1.89. The topological polar surface area (TPSA) is 115 Å². The van der Waals surface area contributed by atoms with Gasteiger partial charge < -0.3 is 24.6 Å². The molecule has 0 aliphatic carbocycles. The van der Waals surface area contributed by atoms with Crippen molar-refractivity contribution in [1.29, 1.82) is 0 Å². The van der Waals surface area contributed by atoms with Crippen molar-refractivity contribution in [3.05, 3.63) is 12.2 Å². The van der Waals surface area contributed by atoms with Gasteiger partial charge in [-0.25, -0.2) is 0 Å². The molecule has 0 aliphatic rings. The van der Waals surface area contributed by atoms with Gasteiger partial charge in [0.2, 0.25) is 0 Å². The van der Waals surface area contributed by atoms with Gasteiger partial charge in [0.25, 0.3) is 0 Å². The molecule has 228 valence electrons. The molecule has 0 amide bonds. The van der Waals surface area contributed by atoms with Gasteiger partial charge in [-0.3, -0.25) is 9.59 Å². The normalized spacial score (nSPS) is 11.8. The predicted octanol–water partition coefficient (Wildman–Crippen LogP) is 6.88. The third kappa shape index (κ3) is 26.1. The largest absolute Gasteiger partial charge is 0.550 e. The smallest absolute Gasteiger partial charge is 0.303 e. The van der Waals surface area contributed by atoms with E-state index in [9.17, 15) is 19.5 Å². The molecule has 7 heteroatoms. The molecule has 0 heterocycles. The number of carbonyl (C=O) groups excluding carboxylic acids is 1. The lowest BCUT2D eigenvalue weighted by atomic mass is 10.0. The number of unbranched alkanes of at least 4 members (excludes halogenated alkanes) is 14. The maximum absolute atomic E-state index is 11.0. The third-order valence-electron chi connectivity index (χ3n) is 7.70. The van der Waals surface area contributed by atoms with Crippen molar-refractivity contribution in [3.63, 3.8) is 0 Å². The first-order valence-corrected chi connectivity index (χ1v) is 15.9. The first-order chi connectivity index (χ1) is 18.8. The third-order valence-corrected chi connectivity index (χ3v) is 7.70. The van der Waals surface area contributed by atoms with Crippen LogP contribution in [0.2, 0.25) is 0 Å². The first kappa shape index (κ1) is 37.1. The summed E-state index contributed by atoms with van der Waals surface area (Å²) in [6, 6.07) is 0. The van der Waals surface area contributed by atoms with Crippen molar-refractivity contribution < 1.29 is 34.2 Å². The van der Waals surface area contributed by atoms with Crippen molar-refractivity contribution in [1.82, 2.24) is 0 Å². The van der Waals surface area contributed by atoms with Crippen LogP contribution in [0, 0.1) is 0 Å². The van der Waals surface area contributed by atoms with Crippen molar-refractivity contribution in [2.24, 2.45) is 0 Å². The Bertz CT molecular complexity index is 598. The van der Waals surface area contributed by atoms with Crippen molar-refractivity contribution >= 4 is 17.9 Å². The van der Waals surface area contributed by atoms with E-state index >= 15 is 0 Å². The highest BCUT2D eigenvalue weighted by Gasteiger charge is 2.26. The van der Waals surface area contributed by atoms with Gasteiger partial charge in [0.05, 0.1) is 39.0 Å². The highest BCUT2D eigenvalue weighted by molar-refractivity contribution is 5.66. The molecule has 0 fully saturated rings. The second kappa shape index (κ2) is 26.3. The zero-order chi connectivity index (χ0) is 29.0. The number of carboxylic acid groups (broad SMARTS) is 3. The Balaban J connectivity index is 4.24. The molecule has 0 spiro atoms. The molecule has 0 aromatic heterocycles. The summed E-state index contributed by atoms with van der Waals surface area (Å²) in [5.41, 5.74) is 0. The Kier molecular flexibility index (Phi) is 25.1. The van der Waals surface area contributed by atoms with E-state index in [2.05, 4.69) is 19.1 Å². The van der Waals surface area contributed by atoms with E-state index in [0.29, 0.717) is 43.4 Å². The summed E-state index contributed by atoms with van der Waals surface area (Å²) in [6.07, 6.45) is 26.6. The van der Waals surface area contributed by atoms with Gasteiger partial charge in [-0.05, 0) is 25.7 Å². The molecule has 7 nitrogen and oxygen atoms in total. The summed E-state index contributed by atoms with van der Waals surface area (Å²) in [5, 5.41) is 29.1. The second-order valence-corrected chi connectivity index (χ2v) is 11.4. The summed E-state index contributed by atoms with van der Waals surface area (Å²) in [6.45, 7) is 4.93. The standard InChI is InChI=1S/C32H59NO6/c1-2-3-4-5-6-7-8-9-10-11-12-13-14-15-16-17-18-19-26-33(27-20-23-30(34)35,28-21-24-31(36)37)29-22-25-32(38)39/h16-17H,2-15,18-29H2,1H3,(H2-,34,35,36,37,38,39)/b17-16+. The van der Waals surface area contributed by atoms with E-state index in [1.165, 1.54) is 83.5 Å². The number of aliphatic carboxylic acids is 3. The molecule has 0 bridgehead atoms. The SMILES string of the molecule is CCCCCCCCCCCCCCC/C=C/CCC[N+](CCCC(=O)[O-])(CCCC(=O)O)CCCC(=O)O. The summed E-state index contributed by atoms with van der Waals surface area (Å²) >= 11 is 0. The van der Waals surface area contributed by atoms with Crippen LogP contribution >= 0.6 is 0 Å². The lowest BCUT2D eigenvalue weighted by molar-refractivity contribution is -0.928. The first-order valence-electron chi connectivity index (χ1n) is 15.9. The molecule has 0 saturated carbocycles. The molecule has 0 rings (SSSR count). The molecule has 0 saturated heterocycles. The quantitative estimate of drug-likeness (QED) is 0.0569. The number of hydrogen-bond acceptors (Lipinski definition) is 4. The van der Waals surface area contributed by atoms with Gasteiger partial charge in [0.15, 0.2) is 0 Å². The number of nitrogens with zero attached hydrogens (tertiary/aromatic N) is 1. The number of allylic oxidation sites excluding steroid dienone is 2. The maximum atomic E-state index is 11.0. The fourth-order valence-electron chi connectivity index (χ4n) is 5.42. The van der Waals surface area contributed by atoms with Crippen molar-refractivity contribution in [2.45, 2.75) is 148 Å². The molecule has 0 aromatic carbocycles. The predicted molar refractivity (Wildman–Crippen MR) is 156 cm³/mol. The number of carboxylic acids is 3. The van der Waals surface area contributed by atoms with Gasteiger partial charge in [0, 0.05) is 31.7 Å². The highest BCUT2D eigenvalue weighted by atomic mass is 16.4. The Labute approximate surface area is 238 Å². The van der Waals surface area contributed by atoms with Crippen LogP contribution < -0.4 is 5.11 Å². The fraction of sp³-hybridized carbons (Fsp3) is 0.844. The molecule has 0 unspecified atom stereocenters. The molecule has 0 radical (unpaired) electrons. The van der Waals surface area contributed by atoms with Crippen LogP contribution in [0.25, 0.3) is 0 Å². The summed E-state index contributed by atoms with van der Waals surface area (Å²) in [4.78, 5) is 33.0. The number of rotatable bonds is 30. The van der Waals surface area contributed by atoms with E-state index in [4.69, 9.17) is 10.2 Å². The summed E-state index contributed by atoms with van der Waals surface area (Å²) in [7, 11) is 0. The van der Waals surface area contributed by atoms with E-state index in [-0.39, 0.29) is 19.3 Å². The second-order valence-electron chi connectivity index (χ2n) is 11.4. The Morgan fingerprint density at radius 1 is 0.538 bits per heavy atom. The average Bonchev–Trinajstić information content (AvgIpc) is 2.87. The van der Waals surface area contributed by atoms with Crippen molar-refractivity contribution in [2.75, 3.05) is 26.2 Å². The minimum atomic E-state index is -1.08. The van der Waals surface area contributed by atoms with E-state index < -0.39 is 17.9 Å². The van der Waals surface area contributed by atoms with Gasteiger partial charge in [-0.15, -0.1) is 0 Å². The Morgan fingerprint density at radius 2 is 0.897 bits per heavy atom. The number of carbonyl (C=O) groups is 3. The van der Waals surface area contributed by atoms with E-state index in [1.54, 1.807) is 0 Å². The summed E-state index contributed by atoms with van der Waals surface area (Å²) < 4.78 is 0.584. The van der Waals surface area contributed by atoms with Crippen LogP contribution in [-0.2, 0) is 14.4 Å². The monoisotopic (exact) mass is 553 g/mol. The zero-order valence-electron chi connectivity index (χ0n) is 25.0. The fourth-order valence-corrected chi connectivity index (χ4v) is 5.42. The highest BCUT2D eigenvalue weighted by Crippen LogP contribution is 2.18. The van der Waals surface area contributed by atoms with Crippen molar-refractivity contribution in [3.8, 4) is 0 Å². The van der Waals surface area contributed by atoms with E-state index in [0.717, 1.165) is 25.8 Å². The molecule has 0 aromatic rings. The Morgan fingerprint density at radius 3 is 1.31 bits per heavy atom. The van der Waals surface area contributed by atoms with Crippen LogP contribution in [-0.4, -0.2) is 58.8 Å². The maximum Gasteiger partial charge on any atom is 0.303 e. The van der Waals surface area contributed by atoms with Crippen LogP contribution in [0.5, 0.6) is 0 Å². The molecule has 0 aliphatic heterocycles. The molecular formula is C32H59NO6. The minimum absolute atomic E-state index is 0.0309. The van der Waals surface area contributed by atoms with Crippen LogP contribution in [0.3, 0.4) is 0 Å². The average molecular weight is 554 g/mol.